The molecule has 0 amide bonds. The number of benzene rings is 2. The van der Waals surface area contributed by atoms with Crippen molar-refractivity contribution in [3.63, 3.8) is 0 Å². The van der Waals surface area contributed by atoms with E-state index in [2.05, 4.69) is 48.5 Å². The second-order valence-electron chi connectivity index (χ2n) is 3.27. The van der Waals surface area contributed by atoms with E-state index in [9.17, 15) is 0 Å². The molecule has 2 rings (SSSR count). The first kappa shape index (κ1) is 10.5. The molecule has 75 valence electrons. The van der Waals surface area contributed by atoms with Gasteiger partial charge in [-0.3, -0.25) is 0 Å². The standard InChI is InChI=1S/C13H13GeO/c1-15-14(12-8-4-2-5-9-12)13-10-6-3-7-11-13/h2-11H,1H3. The number of hydrogen-bond donors (Lipinski definition) is 0. The maximum atomic E-state index is 5.69. The molecule has 2 aromatic rings. The molecule has 2 heteroatoms. The van der Waals surface area contributed by atoms with Crippen molar-refractivity contribution >= 4 is 23.5 Å². The van der Waals surface area contributed by atoms with Gasteiger partial charge >= 0.3 is 95.0 Å². The fraction of sp³-hybridized carbons (Fsp3) is 0.0769. The summed E-state index contributed by atoms with van der Waals surface area (Å²) in [6.07, 6.45) is 0. The molecule has 0 atom stereocenters. The van der Waals surface area contributed by atoms with Crippen LogP contribution in [-0.2, 0) is 3.76 Å². The molecule has 1 nitrogen and oxygen atoms in total. The molecular weight excluding hydrogens is 245 g/mol. The molecule has 0 unspecified atom stereocenters. The fourth-order valence-corrected chi connectivity index (χ4v) is 5.35. The van der Waals surface area contributed by atoms with Gasteiger partial charge in [0, 0.05) is 0 Å². The zero-order valence-electron chi connectivity index (χ0n) is 8.68. The number of hydrogen-bond acceptors (Lipinski definition) is 1. The van der Waals surface area contributed by atoms with Gasteiger partial charge < -0.3 is 0 Å². The first-order valence-corrected chi connectivity index (χ1v) is 7.89. The van der Waals surface area contributed by atoms with Crippen molar-refractivity contribution in [3.05, 3.63) is 60.7 Å². The Bertz CT molecular complexity index is 360. The minimum atomic E-state index is -1.72. The van der Waals surface area contributed by atoms with E-state index in [0.29, 0.717) is 0 Å². The first-order chi connectivity index (χ1) is 7.42. The van der Waals surface area contributed by atoms with E-state index < -0.39 is 14.7 Å². The summed E-state index contributed by atoms with van der Waals surface area (Å²) in [5, 5.41) is 0. The first-order valence-electron chi connectivity index (χ1n) is 4.93. The summed E-state index contributed by atoms with van der Waals surface area (Å²) < 4.78 is 8.40. The zero-order valence-corrected chi connectivity index (χ0v) is 10.8. The van der Waals surface area contributed by atoms with Gasteiger partial charge in [0.15, 0.2) is 0 Å². The topological polar surface area (TPSA) is 9.23 Å². The average molecular weight is 258 g/mol. The van der Waals surface area contributed by atoms with E-state index in [1.807, 2.05) is 19.2 Å². The van der Waals surface area contributed by atoms with Gasteiger partial charge in [-0.05, 0) is 0 Å². The van der Waals surface area contributed by atoms with Gasteiger partial charge in [-0.2, -0.15) is 0 Å². The monoisotopic (exact) mass is 259 g/mol. The summed E-state index contributed by atoms with van der Waals surface area (Å²) in [5.74, 6) is 0. The molecule has 0 saturated heterocycles. The fourth-order valence-electron chi connectivity index (χ4n) is 1.58. The van der Waals surface area contributed by atoms with Crippen LogP contribution in [0.5, 0.6) is 0 Å². The van der Waals surface area contributed by atoms with Crippen LogP contribution in [0.3, 0.4) is 0 Å². The molecule has 0 aromatic heterocycles. The van der Waals surface area contributed by atoms with Crippen molar-refractivity contribution in [1.82, 2.24) is 0 Å². The van der Waals surface area contributed by atoms with Crippen LogP contribution >= 0.6 is 0 Å². The van der Waals surface area contributed by atoms with Crippen LogP contribution in [0.2, 0.25) is 0 Å². The zero-order chi connectivity index (χ0) is 10.5. The summed E-state index contributed by atoms with van der Waals surface area (Å²) >= 11 is -1.72. The molecule has 0 bridgehead atoms. The van der Waals surface area contributed by atoms with E-state index in [4.69, 9.17) is 3.76 Å². The molecular formula is C13H13GeO. The molecule has 0 N–H and O–H groups in total. The third kappa shape index (κ3) is 2.49. The van der Waals surface area contributed by atoms with Crippen molar-refractivity contribution < 1.29 is 3.76 Å². The van der Waals surface area contributed by atoms with E-state index >= 15 is 0 Å². The summed E-state index contributed by atoms with van der Waals surface area (Å²) in [7, 11) is 1.81. The van der Waals surface area contributed by atoms with Gasteiger partial charge in [-0.1, -0.05) is 0 Å². The van der Waals surface area contributed by atoms with Crippen molar-refractivity contribution in [2.75, 3.05) is 7.11 Å². The third-order valence-corrected chi connectivity index (χ3v) is 6.73. The predicted molar refractivity (Wildman–Crippen MR) is 64.9 cm³/mol. The van der Waals surface area contributed by atoms with E-state index in [1.54, 1.807) is 0 Å². The Hall–Kier alpha value is -1.06. The van der Waals surface area contributed by atoms with Gasteiger partial charge in [-0.15, -0.1) is 0 Å². The van der Waals surface area contributed by atoms with Crippen LogP contribution in [0.1, 0.15) is 0 Å². The molecule has 1 radical (unpaired) electrons. The summed E-state index contributed by atoms with van der Waals surface area (Å²) in [6, 6.07) is 21.0. The summed E-state index contributed by atoms with van der Waals surface area (Å²) in [4.78, 5) is 0. The Labute approximate surface area is 95.2 Å². The molecule has 0 spiro atoms. The van der Waals surface area contributed by atoms with Gasteiger partial charge in [0.1, 0.15) is 0 Å². The van der Waals surface area contributed by atoms with Gasteiger partial charge in [-0.25, -0.2) is 0 Å². The van der Waals surface area contributed by atoms with Crippen LogP contribution in [0.15, 0.2) is 60.7 Å². The van der Waals surface area contributed by atoms with Crippen LogP contribution < -0.4 is 8.79 Å². The Kier molecular flexibility index (Phi) is 3.59. The van der Waals surface area contributed by atoms with Crippen molar-refractivity contribution in [2.24, 2.45) is 0 Å². The number of rotatable bonds is 3. The minimum absolute atomic E-state index is 1.35. The van der Waals surface area contributed by atoms with Crippen LogP contribution in [0, 0.1) is 0 Å². The Morgan fingerprint density at radius 2 is 1.13 bits per heavy atom. The molecule has 15 heavy (non-hydrogen) atoms. The molecule has 0 heterocycles. The molecule has 0 aliphatic rings. The van der Waals surface area contributed by atoms with Crippen LogP contribution in [0.25, 0.3) is 0 Å². The molecule has 2 aromatic carbocycles. The molecule has 0 aliphatic carbocycles. The average Bonchev–Trinajstić information content (AvgIpc) is 2.33. The molecule has 0 saturated carbocycles. The van der Waals surface area contributed by atoms with Crippen molar-refractivity contribution in [1.29, 1.82) is 0 Å². The quantitative estimate of drug-likeness (QED) is 0.757. The van der Waals surface area contributed by atoms with E-state index in [1.165, 1.54) is 8.79 Å². The molecule has 0 aliphatic heterocycles. The summed E-state index contributed by atoms with van der Waals surface area (Å²) in [5.41, 5.74) is 0. The summed E-state index contributed by atoms with van der Waals surface area (Å²) in [6.45, 7) is 0. The Morgan fingerprint density at radius 1 is 0.733 bits per heavy atom. The SMILES string of the molecule is C[O][Ge]([c]1ccccc1)[c]1ccccc1. The predicted octanol–water partition coefficient (Wildman–Crippen LogP) is 1.44. The van der Waals surface area contributed by atoms with Gasteiger partial charge in [0.05, 0.1) is 0 Å². The molecule has 0 fully saturated rings. The Balaban J connectivity index is 2.34. The van der Waals surface area contributed by atoms with Crippen molar-refractivity contribution in [3.8, 4) is 0 Å². The maximum absolute atomic E-state index is 5.69. The normalized spacial score (nSPS) is 10.5. The van der Waals surface area contributed by atoms with E-state index in [-0.39, 0.29) is 0 Å². The van der Waals surface area contributed by atoms with E-state index in [0.717, 1.165) is 0 Å². The Morgan fingerprint density at radius 3 is 1.47 bits per heavy atom. The van der Waals surface area contributed by atoms with Crippen LogP contribution in [-0.4, -0.2) is 21.8 Å². The van der Waals surface area contributed by atoms with Gasteiger partial charge in [0.25, 0.3) is 0 Å². The second kappa shape index (κ2) is 5.14. The second-order valence-corrected chi connectivity index (χ2v) is 7.93. The van der Waals surface area contributed by atoms with Crippen molar-refractivity contribution in [2.45, 2.75) is 0 Å². The van der Waals surface area contributed by atoms with Crippen LogP contribution in [0.4, 0.5) is 0 Å². The third-order valence-electron chi connectivity index (χ3n) is 2.28. The van der Waals surface area contributed by atoms with Gasteiger partial charge in [0.2, 0.25) is 0 Å².